The molecule has 0 aliphatic carbocycles. The Bertz CT molecular complexity index is 361. The summed E-state index contributed by atoms with van der Waals surface area (Å²) >= 11 is 6.20. The van der Waals surface area contributed by atoms with Crippen molar-refractivity contribution in [1.29, 1.82) is 10.5 Å². The zero-order chi connectivity index (χ0) is 9.14. The lowest BCUT2D eigenvalue weighted by molar-refractivity contribution is 1.19. The number of halogens is 2. The summed E-state index contributed by atoms with van der Waals surface area (Å²) in [4.78, 5) is 3.85. The van der Waals surface area contributed by atoms with Crippen LogP contribution in [0.1, 0.15) is 11.3 Å². The van der Waals surface area contributed by atoms with Gasteiger partial charge in [0, 0.05) is 0 Å². The van der Waals surface area contributed by atoms with Crippen LogP contribution < -0.4 is 0 Å². The smallest absolute Gasteiger partial charge is 0.156 e. The lowest BCUT2D eigenvalue weighted by Gasteiger charge is -1.96. The van der Waals surface area contributed by atoms with E-state index in [1.807, 2.05) is 12.1 Å². The van der Waals surface area contributed by atoms with Crippen molar-refractivity contribution in [3.05, 3.63) is 26.4 Å². The molecule has 0 aromatic carbocycles. The van der Waals surface area contributed by atoms with E-state index < -0.39 is 0 Å². The van der Waals surface area contributed by atoms with Crippen LogP contribution in [0.2, 0.25) is 0 Å². The number of nitrogens with zero attached hydrogens (tertiary/aromatic N) is 3. The van der Waals surface area contributed by atoms with E-state index in [1.165, 1.54) is 0 Å². The molecule has 58 valence electrons. The summed E-state index contributed by atoms with van der Waals surface area (Å²) in [6, 6.07) is 5.38. The number of pyridine rings is 1. The maximum Gasteiger partial charge on any atom is 0.156 e. The summed E-state index contributed by atoms with van der Waals surface area (Å²) in [6.45, 7) is 0. The minimum Gasteiger partial charge on any atom is -0.228 e. The molecular formula is C7HBr2N3. The Morgan fingerprint density at radius 1 is 1.25 bits per heavy atom. The van der Waals surface area contributed by atoms with Gasteiger partial charge in [-0.15, -0.1) is 0 Å². The predicted molar refractivity (Wildman–Crippen MR) is 49.1 cm³/mol. The standard InChI is InChI=1S/C7HBr2N3/c8-5-1-4(2-10)7(9)12-6(5)3-11/h1H. The lowest BCUT2D eigenvalue weighted by Crippen LogP contribution is -1.89. The Hall–Kier alpha value is -0.910. The van der Waals surface area contributed by atoms with Crippen molar-refractivity contribution in [1.82, 2.24) is 4.98 Å². The molecule has 1 aromatic heterocycles. The number of rotatable bonds is 0. The van der Waals surface area contributed by atoms with Crippen LogP contribution in [0.3, 0.4) is 0 Å². The van der Waals surface area contributed by atoms with Crippen LogP contribution in [0.4, 0.5) is 0 Å². The summed E-state index contributed by atoms with van der Waals surface area (Å²) in [5.41, 5.74) is 0.668. The van der Waals surface area contributed by atoms with Crippen LogP contribution >= 0.6 is 31.9 Å². The molecule has 0 unspecified atom stereocenters. The molecule has 0 radical (unpaired) electrons. The second-order valence-corrected chi connectivity index (χ2v) is 3.49. The van der Waals surface area contributed by atoms with Crippen LogP contribution in [0.5, 0.6) is 0 Å². The first-order chi connectivity index (χ1) is 5.69. The maximum absolute atomic E-state index is 8.58. The van der Waals surface area contributed by atoms with Crippen LogP contribution in [-0.2, 0) is 0 Å². The summed E-state index contributed by atoms with van der Waals surface area (Å²) < 4.78 is 0.925. The average Bonchev–Trinajstić information content (AvgIpc) is 2.08. The molecule has 1 rings (SSSR count). The van der Waals surface area contributed by atoms with Gasteiger partial charge in [0.15, 0.2) is 5.69 Å². The van der Waals surface area contributed by atoms with Crippen molar-refractivity contribution in [2.24, 2.45) is 0 Å². The average molecular weight is 287 g/mol. The van der Waals surface area contributed by atoms with E-state index >= 15 is 0 Å². The Labute approximate surface area is 85.9 Å². The normalized spacial score (nSPS) is 8.67. The van der Waals surface area contributed by atoms with Crippen molar-refractivity contribution >= 4 is 31.9 Å². The minimum absolute atomic E-state index is 0.265. The Morgan fingerprint density at radius 2 is 1.92 bits per heavy atom. The van der Waals surface area contributed by atoms with E-state index in [-0.39, 0.29) is 5.69 Å². The Kier molecular flexibility index (Phi) is 2.80. The molecule has 0 amide bonds. The maximum atomic E-state index is 8.58. The van der Waals surface area contributed by atoms with Gasteiger partial charge in [-0.05, 0) is 37.9 Å². The largest absolute Gasteiger partial charge is 0.228 e. The van der Waals surface area contributed by atoms with E-state index in [9.17, 15) is 0 Å². The fourth-order valence-electron chi connectivity index (χ4n) is 0.623. The third kappa shape index (κ3) is 1.63. The van der Waals surface area contributed by atoms with Crippen molar-refractivity contribution in [2.45, 2.75) is 0 Å². The van der Waals surface area contributed by atoms with E-state index in [4.69, 9.17) is 10.5 Å². The second kappa shape index (κ2) is 3.66. The van der Waals surface area contributed by atoms with E-state index in [0.717, 1.165) is 0 Å². The van der Waals surface area contributed by atoms with Gasteiger partial charge in [-0.1, -0.05) is 0 Å². The van der Waals surface area contributed by atoms with Crippen molar-refractivity contribution < 1.29 is 0 Å². The number of hydrogen-bond acceptors (Lipinski definition) is 3. The molecule has 1 heterocycles. The first kappa shape index (κ1) is 9.18. The van der Waals surface area contributed by atoms with Gasteiger partial charge in [-0.25, -0.2) is 4.98 Å². The lowest BCUT2D eigenvalue weighted by atomic mass is 10.3. The molecule has 0 N–H and O–H groups in total. The summed E-state index contributed by atoms with van der Waals surface area (Å²) in [5.74, 6) is 0. The number of aromatic nitrogens is 1. The third-order valence-corrected chi connectivity index (χ3v) is 2.36. The topological polar surface area (TPSA) is 60.5 Å². The van der Waals surface area contributed by atoms with Crippen LogP contribution in [0.25, 0.3) is 0 Å². The van der Waals surface area contributed by atoms with Gasteiger partial charge in [0.05, 0.1) is 10.0 Å². The van der Waals surface area contributed by atoms with Crippen molar-refractivity contribution in [3.63, 3.8) is 0 Å². The highest BCUT2D eigenvalue weighted by Gasteiger charge is 2.06. The molecule has 0 saturated carbocycles. The molecular weight excluding hydrogens is 286 g/mol. The quantitative estimate of drug-likeness (QED) is 0.688. The first-order valence-corrected chi connectivity index (χ1v) is 4.44. The van der Waals surface area contributed by atoms with E-state index in [2.05, 4.69) is 36.8 Å². The van der Waals surface area contributed by atoms with Gasteiger partial charge in [-0.3, -0.25) is 0 Å². The molecule has 0 saturated heterocycles. The van der Waals surface area contributed by atoms with Gasteiger partial charge in [0.2, 0.25) is 0 Å². The molecule has 3 nitrogen and oxygen atoms in total. The highest BCUT2D eigenvalue weighted by atomic mass is 79.9. The van der Waals surface area contributed by atoms with Gasteiger partial charge < -0.3 is 0 Å². The summed E-state index contributed by atoms with van der Waals surface area (Å²) in [7, 11) is 0. The second-order valence-electron chi connectivity index (χ2n) is 1.88. The van der Waals surface area contributed by atoms with Crippen LogP contribution in [-0.4, -0.2) is 4.98 Å². The van der Waals surface area contributed by atoms with Gasteiger partial charge in [-0.2, -0.15) is 10.5 Å². The zero-order valence-electron chi connectivity index (χ0n) is 5.67. The van der Waals surface area contributed by atoms with Gasteiger partial charge in [0.25, 0.3) is 0 Å². The highest BCUT2D eigenvalue weighted by Crippen LogP contribution is 2.21. The van der Waals surface area contributed by atoms with E-state index in [1.54, 1.807) is 6.07 Å². The predicted octanol–water partition coefficient (Wildman–Crippen LogP) is 2.35. The molecule has 12 heavy (non-hydrogen) atoms. The van der Waals surface area contributed by atoms with E-state index in [0.29, 0.717) is 14.6 Å². The SMILES string of the molecule is N#Cc1cc(Br)c(C#N)nc1Br. The molecule has 0 atom stereocenters. The molecule has 0 fully saturated rings. The van der Waals surface area contributed by atoms with Crippen molar-refractivity contribution in [3.8, 4) is 12.1 Å². The summed E-state index contributed by atoms with van der Waals surface area (Å²) in [6.07, 6.45) is 0. The minimum atomic E-state index is 0.265. The highest BCUT2D eigenvalue weighted by molar-refractivity contribution is 9.11. The molecule has 0 bridgehead atoms. The summed E-state index contributed by atoms with van der Waals surface area (Å²) in [5, 5.41) is 17.1. The van der Waals surface area contributed by atoms with Gasteiger partial charge >= 0.3 is 0 Å². The monoisotopic (exact) mass is 285 g/mol. The fourth-order valence-corrected chi connectivity index (χ4v) is 1.41. The number of nitriles is 2. The molecule has 5 heteroatoms. The first-order valence-electron chi connectivity index (χ1n) is 2.85. The molecule has 0 aliphatic rings. The molecule has 0 aliphatic heterocycles. The Balaban J connectivity index is 3.41. The fraction of sp³-hybridized carbons (Fsp3) is 0. The number of hydrogen-bond donors (Lipinski definition) is 0. The van der Waals surface area contributed by atoms with Crippen LogP contribution in [0, 0.1) is 22.7 Å². The zero-order valence-corrected chi connectivity index (χ0v) is 8.85. The van der Waals surface area contributed by atoms with Gasteiger partial charge in [0.1, 0.15) is 16.7 Å². The van der Waals surface area contributed by atoms with Crippen LogP contribution in [0.15, 0.2) is 15.1 Å². The Morgan fingerprint density at radius 3 is 2.42 bits per heavy atom. The third-order valence-electron chi connectivity index (χ3n) is 1.16. The van der Waals surface area contributed by atoms with Crippen molar-refractivity contribution in [2.75, 3.05) is 0 Å². The molecule has 0 spiro atoms. The molecule has 1 aromatic rings.